The predicted molar refractivity (Wildman–Crippen MR) is 76.6 cm³/mol. The average Bonchev–Trinajstić information content (AvgIpc) is 2.79. The van der Waals surface area contributed by atoms with Gasteiger partial charge in [0.05, 0.1) is 30.1 Å². The Balaban J connectivity index is 2.01. The zero-order valence-corrected chi connectivity index (χ0v) is 12.2. The second kappa shape index (κ2) is 7.57. The van der Waals surface area contributed by atoms with Gasteiger partial charge in [-0.2, -0.15) is 0 Å². The SMILES string of the molecule is COCCOCCCn1c(CCl)nc2cc(F)ccc21. The lowest BCUT2D eigenvalue weighted by atomic mass is 10.3. The first-order valence-corrected chi connectivity index (χ1v) is 7.07. The van der Waals surface area contributed by atoms with Crippen LogP contribution in [0.3, 0.4) is 0 Å². The summed E-state index contributed by atoms with van der Waals surface area (Å²) in [6.45, 7) is 2.58. The lowest BCUT2D eigenvalue weighted by Gasteiger charge is -2.08. The van der Waals surface area contributed by atoms with Crippen LogP contribution in [0, 0.1) is 5.82 Å². The van der Waals surface area contributed by atoms with Gasteiger partial charge in [0.2, 0.25) is 0 Å². The molecule has 1 aromatic heterocycles. The Hall–Kier alpha value is -1.17. The highest BCUT2D eigenvalue weighted by molar-refractivity contribution is 6.16. The Morgan fingerprint density at radius 1 is 1.30 bits per heavy atom. The highest BCUT2D eigenvalue weighted by Gasteiger charge is 2.10. The summed E-state index contributed by atoms with van der Waals surface area (Å²) in [6.07, 6.45) is 0.844. The Morgan fingerprint density at radius 2 is 2.15 bits per heavy atom. The molecule has 0 amide bonds. The van der Waals surface area contributed by atoms with Crippen molar-refractivity contribution in [2.24, 2.45) is 0 Å². The number of alkyl halides is 1. The number of methoxy groups -OCH3 is 1. The predicted octanol–water partition coefficient (Wildman–Crippen LogP) is 2.97. The van der Waals surface area contributed by atoms with Crippen molar-refractivity contribution in [1.82, 2.24) is 9.55 Å². The largest absolute Gasteiger partial charge is 0.382 e. The second-order valence-corrected chi connectivity index (χ2v) is 4.67. The monoisotopic (exact) mass is 300 g/mol. The summed E-state index contributed by atoms with van der Waals surface area (Å²) < 4.78 is 25.5. The molecule has 6 heteroatoms. The van der Waals surface area contributed by atoms with E-state index in [1.165, 1.54) is 12.1 Å². The van der Waals surface area contributed by atoms with Crippen LogP contribution >= 0.6 is 11.6 Å². The third-order valence-corrected chi connectivity index (χ3v) is 3.25. The fourth-order valence-electron chi connectivity index (χ4n) is 2.07. The maximum Gasteiger partial charge on any atom is 0.125 e. The van der Waals surface area contributed by atoms with Gasteiger partial charge in [-0.15, -0.1) is 11.6 Å². The number of halogens is 2. The summed E-state index contributed by atoms with van der Waals surface area (Å²) in [5, 5.41) is 0. The molecule has 110 valence electrons. The standard InChI is InChI=1S/C14H18ClFN2O2/c1-19-7-8-20-6-2-5-18-13-4-3-11(16)9-12(13)17-14(18)10-15/h3-4,9H,2,5-8,10H2,1H3. The number of benzene rings is 1. The third-order valence-electron chi connectivity index (χ3n) is 3.01. The first kappa shape index (κ1) is 15.2. The van der Waals surface area contributed by atoms with E-state index in [0.717, 1.165) is 24.3 Å². The first-order chi connectivity index (χ1) is 9.76. The van der Waals surface area contributed by atoms with Crippen LogP contribution in [0.2, 0.25) is 0 Å². The third kappa shape index (κ3) is 3.69. The smallest absolute Gasteiger partial charge is 0.125 e. The zero-order chi connectivity index (χ0) is 14.4. The summed E-state index contributed by atoms with van der Waals surface area (Å²) in [7, 11) is 1.65. The van der Waals surface area contributed by atoms with Crippen molar-refractivity contribution in [2.75, 3.05) is 26.9 Å². The molecule has 0 radical (unpaired) electrons. The van der Waals surface area contributed by atoms with Crippen LogP contribution in [0.15, 0.2) is 18.2 Å². The molecule has 1 aromatic carbocycles. The van der Waals surface area contributed by atoms with E-state index in [2.05, 4.69) is 4.98 Å². The molecule has 0 aliphatic carbocycles. The normalized spacial score (nSPS) is 11.3. The van der Waals surface area contributed by atoms with E-state index in [0.29, 0.717) is 31.2 Å². The fraction of sp³-hybridized carbons (Fsp3) is 0.500. The molecular weight excluding hydrogens is 283 g/mol. The Kier molecular flexibility index (Phi) is 5.76. The van der Waals surface area contributed by atoms with Crippen molar-refractivity contribution in [3.8, 4) is 0 Å². The van der Waals surface area contributed by atoms with Crippen molar-refractivity contribution >= 4 is 22.6 Å². The van der Waals surface area contributed by atoms with Gasteiger partial charge in [0, 0.05) is 26.3 Å². The summed E-state index contributed by atoms with van der Waals surface area (Å²) >= 11 is 5.90. The molecule has 0 unspecified atom stereocenters. The number of hydrogen-bond acceptors (Lipinski definition) is 3. The molecule has 0 aliphatic rings. The minimum atomic E-state index is -0.286. The summed E-state index contributed by atoms with van der Waals surface area (Å²) in [4.78, 5) is 4.35. The lowest BCUT2D eigenvalue weighted by Crippen LogP contribution is -2.08. The van der Waals surface area contributed by atoms with Crippen molar-refractivity contribution in [2.45, 2.75) is 18.8 Å². The van der Waals surface area contributed by atoms with E-state index < -0.39 is 0 Å². The molecule has 0 fully saturated rings. The first-order valence-electron chi connectivity index (χ1n) is 6.53. The van der Waals surface area contributed by atoms with E-state index >= 15 is 0 Å². The molecule has 0 saturated heterocycles. The Bertz CT molecular complexity index is 559. The van der Waals surface area contributed by atoms with E-state index in [1.54, 1.807) is 13.2 Å². The van der Waals surface area contributed by atoms with E-state index in [4.69, 9.17) is 21.1 Å². The molecule has 1 heterocycles. The van der Waals surface area contributed by atoms with Gasteiger partial charge in [0.1, 0.15) is 11.6 Å². The summed E-state index contributed by atoms with van der Waals surface area (Å²) in [5.74, 6) is 0.774. The lowest BCUT2D eigenvalue weighted by molar-refractivity contribution is 0.0681. The van der Waals surface area contributed by atoms with Crippen molar-refractivity contribution in [1.29, 1.82) is 0 Å². The second-order valence-electron chi connectivity index (χ2n) is 4.41. The van der Waals surface area contributed by atoms with Crippen LogP contribution in [-0.4, -0.2) is 36.5 Å². The topological polar surface area (TPSA) is 36.3 Å². The summed E-state index contributed by atoms with van der Waals surface area (Å²) in [6, 6.07) is 4.60. The van der Waals surface area contributed by atoms with Crippen LogP contribution in [0.25, 0.3) is 11.0 Å². The fourth-order valence-corrected chi connectivity index (χ4v) is 2.28. The number of hydrogen-bond donors (Lipinski definition) is 0. The van der Waals surface area contributed by atoms with Crippen LogP contribution in [0.4, 0.5) is 4.39 Å². The molecule has 2 rings (SSSR count). The van der Waals surface area contributed by atoms with Gasteiger partial charge in [0.15, 0.2) is 0 Å². The average molecular weight is 301 g/mol. The molecule has 20 heavy (non-hydrogen) atoms. The molecule has 0 atom stereocenters. The quantitative estimate of drug-likeness (QED) is 0.555. The maximum atomic E-state index is 13.2. The molecule has 2 aromatic rings. The minimum Gasteiger partial charge on any atom is -0.382 e. The highest BCUT2D eigenvalue weighted by atomic mass is 35.5. The van der Waals surface area contributed by atoms with Crippen LogP contribution in [0.5, 0.6) is 0 Å². The van der Waals surface area contributed by atoms with Gasteiger partial charge in [-0.3, -0.25) is 0 Å². The summed E-state index contributed by atoms with van der Waals surface area (Å²) in [5.41, 5.74) is 1.54. The van der Waals surface area contributed by atoms with Crippen LogP contribution < -0.4 is 0 Å². The number of imidazole rings is 1. The van der Waals surface area contributed by atoms with E-state index in [-0.39, 0.29) is 5.82 Å². The number of rotatable bonds is 8. The van der Waals surface area contributed by atoms with Gasteiger partial charge >= 0.3 is 0 Å². The van der Waals surface area contributed by atoms with Gasteiger partial charge in [-0.05, 0) is 18.6 Å². The number of aromatic nitrogens is 2. The van der Waals surface area contributed by atoms with Gasteiger partial charge < -0.3 is 14.0 Å². The van der Waals surface area contributed by atoms with Crippen molar-refractivity contribution < 1.29 is 13.9 Å². The number of nitrogens with zero attached hydrogens (tertiary/aromatic N) is 2. The number of ether oxygens (including phenoxy) is 2. The highest BCUT2D eigenvalue weighted by Crippen LogP contribution is 2.19. The molecule has 0 bridgehead atoms. The van der Waals surface area contributed by atoms with Gasteiger partial charge in [0.25, 0.3) is 0 Å². The van der Waals surface area contributed by atoms with Crippen LogP contribution in [-0.2, 0) is 21.9 Å². The number of aryl methyl sites for hydroxylation is 1. The Morgan fingerprint density at radius 3 is 2.90 bits per heavy atom. The maximum absolute atomic E-state index is 13.2. The van der Waals surface area contributed by atoms with Crippen molar-refractivity contribution in [3.63, 3.8) is 0 Å². The minimum absolute atomic E-state index is 0.286. The molecule has 0 N–H and O–H groups in total. The Labute approximate surface area is 122 Å². The van der Waals surface area contributed by atoms with Gasteiger partial charge in [-0.25, -0.2) is 9.37 Å². The van der Waals surface area contributed by atoms with Crippen LogP contribution in [0.1, 0.15) is 12.2 Å². The van der Waals surface area contributed by atoms with Crippen molar-refractivity contribution in [3.05, 3.63) is 29.8 Å². The van der Waals surface area contributed by atoms with E-state index in [1.807, 2.05) is 4.57 Å². The number of fused-ring (bicyclic) bond motifs is 1. The molecule has 4 nitrogen and oxygen atoms in total. The molecule has 0 spiro atoms. The molecular formula is C14H18ClFN2O2. The zero-order valence-electron chi connectivity index (χ0n) is 11.4. The van der Waals surface area contributed by atoms with E-state index in [9.17, 15) is 4.39 Å². The van der Waals surface area contributed by atoms with Gasteiger partial charge in [-0.1, -0.05) is 0 Å². The molecule has 0 saturated carbocycles. The molecule has 0 aliphatic heterocycles.